The summed E-state index contributed by atoms with van der Waals surface area (Å²) in [5.74, 6) is -0.317. The number of hydrogen-bond acceptors (Lipinski definition) is 3. The first-order chi connectivity index (χ1) is 11.1. The van der Waals surface area contributed by atoms with Crippen molar-refractivity contribution < 1.29 is 18.7 Å². The van der Waals surface area contributed by atoms with Gasteiger partial charge < -0.3 is 19.9 Å². The minimum atomic E-state index is -0.265. The fraction of sp³-hybridized carbons (Fsp3) is 0.500. The number of carbonyl (C=O) groups is 2. The van der Waals surface area contributed by atoms with Crippen molar-refractivity contribution in [2.75, 3.05) is 46.4 Å². The zero-order valence-corrected chi connectivity index (χ0v) is 13.3. The van der Waals surface area contributed by atoms with Gasteiger partial charge in [0.2, 0.25) is 5.91 Å². The molecule has 23 heavy (non-hydrogen) atoms. The molecule has 2 rings (SSSR count). The first-order valence-corrected chi connectivity index (χ1v) is 7.64. The van der Waals surface area contributed by atoms with Gasteiger partial charge in [0, 0.05) is 39.8 Å². The fourth-order valence-corrected chi connectivity index (χ4v) is 2.45. The number of ether oxygens (including phenoxy) is 1. The van der Waals surface area contributed by atoms with E-state index in [4.69, 9.17) is 4.74 Å². The van der Waals surface area contributed by atoms with Crippen LogP contribution in [0.2, 0.25) is 0 Å². The van der Waals surface area contributed by atoms with Crippen molar-refractivity contribution in [1.29, 1.82) is 0 Å². The minimum Gasteiger partial charge on any atom is -0.375 e. The molecule has 1 aromatic rings. The smallest absolute Gasteiger partial charge is 0.317 e. The highest BCUT2D eigenvalue weighted by Gasteiger charge is 2.23. The number of benzene rings is 1. The van der Waals surface area contributed by atoms with E-state index in [1.807, 2.05) is 0 Å². The number of halogens is 1. The lowest BCUT2D eigenvalue weighted by Gasteiger charge is -2.34. The number of hydrogen-bond donors (Lipinski definition) is 1. The maximum atomic E-state index is 12.8. The minimum absolute atomic E-state index is 0.0520. The highest BCUT2D eigenvalue weighted by atomic mass is 19.1. The molecule has 0 radical (unpaired) electrons. The molecule has 1 aliphatic rings. The standard InChI is InChI=1S/C16H22FN3O3/c1-23-12-15(21)19-8-10-20(11-9-19)16(22)18-7-6-13-2-4-14(17)5-3-13/h2-5H,6-12H2,1H3,(H,18,22). The summed E-state index contributed by atoms with van der Waals surface area (Å²) < 4.78 is 17.6. The Bertz CT molecular complexity index is 528. The Hall–Kier alpha value is -2.15. The topological polar surface area (TPSA) is 61.9 Å². The molecule has 6 nitrogen and oxygen atoms in total. The van der Waals surface area contributed by atoms with E-state index in [-0.39, 0.29) is 24.4 Å². The quantitative estimate of drug-likeness (QED) is 0.874. The summed E-state index contributed by atoms with van der Waals surface area (Å²) in [7, 11) is 1.49. The number of nitrogens with zero attached hydrogens (tertiary/aromatic N) is 2. The van der Waals surface area contributed by atoms with E-state index < -0.39 is 0 Å². The van der Waals surface area contributed by atoms with Gasteiger partial charge in [-0.3, -0.25) is 4.79 Å². The van der Waals surface area contributed by atoms with Crippen molar-refractivity contribution in [3.05, 3.63) is 35.6 Å². The van der Waals surface area contributed by atoms with E-state index in [2.05, 4.69) is 5.32 Å². The highest BCUT2D eigenvalue weighted by Crippen LogP contribution is 2.04. The third-order valence-corrected chi connectivity index (χ3v) is 3.79. The second-order valence-electron chi connectivity index (χ2n) is 5.41. The first kappa shape index (κ1) is 17.2. The number of rotatable bonds is 5. The molecule has 0 bridgehead atoms. The van der Waals surface area contributed by atoms with Crippen molar-refractivity contribution in [3.63, 3.8) is 0 Å². The third-order valence-electron chi connectivity index (χ3n) is 3.79. The molecule has 1 aromatic carbocycles. The molecular weight excluding hydrogens is 301 g/mol. The monoisotopic (exact) mass is 323 g/mol. The van der Waals surface area contributed by atoms with E-state index in [9.17, 15) is 14.0 Å². The number of nitrogens with one attached hydrogen (secondary N) is 1. The summed E-state index contributed by atoms with van der Waals surface area (Å²) in [6, 6.07) is 6.11. The second kappa shape index (κ2) is 8.47. The van der Waals surface area contributed by atoms with E-state index in [1.54, 1.807) is 21.9 Å². The second-order valence-corrected chi connectivity index (χ2v) is 5.41. The molecule has 0 saturated carbocycles. The average Bonchev–Trinajstić information content (AvgIpc) is 2.57. The molecule has 0 spiro atoms. The van der Waals surface area contributed by atoms with Crippen LogP contribution in [0.1, 0.15) is 5.56 Å². The average molecular weight is 323 g/mol. The molecule has 0 atom stereocenters. The van der Waals surface area contributed by atoms with Crippen LogP contribution in [0, 0.1) is 5.82 Å². The largest absolute Gasteiger partial charge is 0.375 e. The van der Waals surface area contributed by atoms with Crippen LogP contribution in [0.3, 0.4) is 0 Å². The first-order valence-electron chi connectivity index (χ1n) is 7.64. The van der Waals surface area contributed by atoms with Crippen LogP contribution < -0.4 is 5.32 Å². The maximum absolute atomic E-state index is 12.8. The Labute approximate surface area is 135 Å². The lowest BCUT2D eigenvalue weighted by molar-refractivity contribution is -0.136. The van der Waals surface area contributed by atoms with Crippen LogP contribution in [0.5, 0.6) is 0 Å². The Balaban J connectivity index is 1.68. The number of carbonyl (C=O) groups excluding carboxylic acids is 2. The van der Waals surface area contributed by atoms with Crippen molar-refractivity contribution in [2.45, 2.75) is 6.42 Å². The molecule has 1 fully saturated rings. The summed E-state index contributed by atoms with van der Waals surface area (Å²) in [6.45, 7) is 2.63. The van der Waals surface area contributed by atoms with Crippen LogP contribution in [-0.4, -0.2) is 68.2 Å². The Kier molecular flexibility index (Phi) is 6.34. The summed E-state index contributed by atoms with van der Waals surface area (Å²) in [5.41, 5.74) is 0.974. The molecule has 1 aliphatic heterocycles. The van der Waals surface area contributed by atoms with Gasteiger partial charge in [-0.05, 0) is 24.1 Å². The summed E-state index contributed by atoms with van der Waals surface area (Å²) in [6.07, 6.45) is 0.651. The maximum Gasteiger partial charge on any atom is 0.317 e. The lowest BCUT2D eigenvalue weighted by Crippen LogP contribution is -2.53. The van der Waals surface area contributed by atoms with Crippen LogP contribution in [-0.2, 0) is 16.0 Å². The highest BCUT2D eigenvalue weighted by molar-refractivity contribution is 5.78. The van der Waals surface area contributed by atoms with Crippen molar-refractivity contribution in [1.82, 2.24) is 15.1 Å². The van der Waals surface area contributed by atoms with E-state index in [0.717, 1.165) is 5.56 Å². The molecule has 1 heterocycles. The van der Waals surface area contributed by atoms with Crippen LogP contribution >= 0.6 is 0 Å². The van der Waals surface area contributed by atoms with Gasteiger partial charge in [0.05, 0.1) is 0 Å². The molecular formula is C16H22FN3O3. The van der Waals surface area contributed by atoms with Crippen LogP contribution in [0.15, 0.2) is 24.3 Å². The van der Waals surface area contributed by atoms with E-state index in [0.29, 0.717) is 39.1 Å². The molecule has 0 unspecified atom stereocenters. The molecule has 0 aromatic heterocycles. The van der Waals surface area contributed by atoms with Crippen molar-refractivity contribution >= 4 is 11.9 Å². The van der Waals surface area contributed by atoms with Gasteiger partial charge in [0.15, 0.2) is 0 Å². The van der Waals surface area contributed by atoms with Gasteiger partial charge in [-0.2, -0.15) is 0 Å². The SMILES string of the molecule is COCC(=O)N1CCN(C(=O)NCCc2ccc(F)cc2)CC1. The van der Waals surface area contributed by atoms with Gasteiger partial charge in [-0.25, -0.2) is 9.18 Å². The van der Waals surface area contributed by atoms with Gasteiger partial charge in [0.1, 0.15) is 12.4 Å². The summed E-state index contributed by atoms with van der Waals surface area (Å²) >= 11 is 0. The summed E-state index contributed by atoms with van der Waals surface area (Å²) in [4.78, 5) is 27.1. The Morgan fingerprint density at radius 3 is 2.35 bits per heavy atom. The Morgan fingerprint density at radius 1 is 1.13 bits per heavy atom. The predicted octanol–water partition coefficient (Wildman–Crippen LogP) is 0.868. The molecule has 126 valence electrons. The van der Waals surface area contributed by atoms with Gasteiger partial charge in [-0.15, -0.1) is 0 Å². The fourth-order valence-electron chi connectivity index (χ4n) is 2.45. The van der Waals surface area contributed by atoms with Crippen molar-refractivity contribution in [3.8, 4) is 0 Å². The predicted molar refractivity (Wildman–Crippen MR) is 83.5 cm³/mol. The molecule has 1 N–H and O–H groups in total. The molecule has 1 saturated heterocycles. The van der Waals surface area contributed by atoms with Crippen LogP contribution in [0.25, 0.3) is 0 Å². The normalized spacial score (nSPS) is 14.7. The number of urea groups is 1. The molecule has 7 heteroatoms. The van der Waals surface area contributed by atoms with Gasteiger partial charge in [0.25, 0.3) is 0 Å². The number of piperazine rings is 1. The van der Waals surface area contributed by atoms with E-state index >= 15 is 0 Å². The van der Waals surface area contributed by atoms with E-state index in [1.165, 1.54) is 19.2 Å². The Morgan fingerprint density at radius 2 is 1.74 bits per heavy atom. The zero-order valence-electron chi connectivity index (χ0n) is 13.3. The van der Waals surface area contributed by atoms with Gasteiger partial charge >= 0.3 is 6.03 Å². The lowest BCUT2D eigenvalue weighted by atomic mass is 10.1. The number of amides is 3. The molecule has 0 aliphatic carbocycles. The molecule has 3 amide bonds. The number of methoxy groups -OCH3 is 1. The van der Waals surface area contributed by atoms with Gasteiger partial charge in [-0.1, -0.05) is 12.1 Å². The third kappa shape index (κ3) is 5.21. The van der Waals surface area contributed by atoms with Crippen LogP contribution in [0.4, 0.5) is 9.18 Å². The summed E-state index contributed by atoms with van der Waals surface area (Å²) in [5, 5.41) is 2.85. The zero-order chi connectivity index (χ0) is 16.7. The van der Waals surface area contributed by atoms with Crippen molar-refractivity contribution in [2.24, 2.45) is 0 Å².